The summed E-state index contributed by atoms with van der Waals surface area (Å²) in [6.45, 7) is 1.38. The lowest BCUT2D eigenvalue weighted by molar-refractivity contribution is -0.131. The molecule has 0 aliphatic rings. The van der Waals surface area contributed by atoms with Crippen molar-refractivity contribution in [1.82, 2.24) is 4.90 Å². The molecule has 0 heterocycles. The van der Waals surface area contributed by atoms with Crippen LogP contribution in [-0.4, -0.2) is 44.7 Å². The number of nitrogens with zero attached hydrogens (tertiary/aromatic N) is 2. The maximum absolute atomic E-state index is 12.3. The van der Waals surface area contributed by atoms with Crippen LogP contribution in [-0.2, 0) is 16.0 Å². The molecule has 0 spiro atoms. The maximum atomic E-state index is 12.3. The van der Waals surface area contributed by atoms with Crippen LogP contribution in [0.3, 0.4) is 0 Å². The number of rotatable bonds is 8. The second-order valence-electron chi connectivity index (χ2n) is 4.27. The Hall–Kier alpha value is -2.06. The van der Waals surface area contributed by atoms with Crippen molar-refractivity contribution in [2.24, 2.45) is 0 Å². The second-order valence-corrected chi connectivity index (χ2v) is 4.27. The van der Waals surface area contributed by atoms with E-state index in [9.17, 15) is 4.79 Å². The van der Waals surface area contributed by atoms with E-state index in [4.69, 9.17) is 14.7 Å². The van der Waals surface area contributed by atoms with E-state index in [1.807, 2.05) is 24.3 Å². The van der Waals surface area contributed by atoms with Gasteiger partial charge in [0, 0.05) is 25.8 Å². The lowest BCUT2D eigenvalue weighted by Gasteiger charge is -2.21. The predicted octanol–water partition coefficient (Wildman–Crippen LogP) is 1.63. The molecule has 0 radical (unpaired) electrons. The van der Waals surface area contributed by atoms with Crippen LogP contribution in [0.15, 0.2) is 24.3 Å². The minimum Gasteiger partial charge on any atom is -0.496 e. The molecule has 0 aliphatic carbocycles. The SMILES string of the molecule is COCCN(CCC#N)C(=O)Cc1ccccc1OC. The molecule has 5 nitrogen and oxygen atoms in total. The zero-order valence-electron chi connectivity index (χ0n) is 12.0. The lowest BCUT2D eigenvalue weighted by Crippen LogP contribution is -2.35. The van der Waals surface area contributed by atoms with Gasteiger partial charge >= 0.3 is 0 Å². The van der Waals surface area contributed by atoms with Crippen molar-refractivity contribution in [1.29, 1.82) is 5.26 Å². The van der Waals surface area contributed by atoms with E-state index < -0.39 is 0 Å². The molecule has 0 fully saturated rings. The third-order valence-electron chi connectivity index (χ3n) is 2.95. The molecule has 1 aromatic rings. The highest BCUT2D eigenvalue weighted by molar-refractivity contribution is 5.79. The molecule has 0 aromatic heterocycles. The van der Waals surface area contributed by atoms with Crippen LogP contribution in [0.2, 0.25) is 0 Å². The largest absolute Gasteiger partial charge is 0.496 e. The summed E-state index contributed by atoms with van der Waals surface area (Å²) in [4.78, 5) is 13.9. The number of hydrogen-bond acceptors (Lipinski definition) is 4. The maximum Gasteiger partial charge on any atom is 0.227 e. The van der Waals surface area contributed by atoms with Crippen LogP contribution in [0.5, 0.6) is 5.75 Å². The summed E-state index contributed by atoms with van der Waals surface area (Å²) in [5, 5.41) is 8.66. The molecule has 0 atom stereocenters. The van der Waals surface area contributed by atoms with Gasteiger partial charge in [0.1, 0.15) is 5.75 Å². The Balaban J connectivity index is 2.71. The van der Waals surface area contributed by atoms with Gasteiger partial charge in [0.15, 0.2) is 0 Å². The molecule has 20 heavy (non-hydrogen) atoms. The number of nitriles is 1. The van der Waals surface area contributed by atoms with Crippen molar-refractivity contribution in [3.05, 3.63) is 29.8 Å². The zero-order chi connectivity index (χ0) is 14.8. The smallest absolute Gasteiger partial charge is 0.227 e. The third kappa shape index (κ3) is 4.90. The molecular formula is C15H20N2O3. The molecule has 0 saturated carbocycles. The van der Waals surface area contributed by atoms with Gasteiger partial charge in [-0.1, -0.05) is 18.2 Å². The zero-order valence-corrected chi connectivity index (χ0v) is 12.0. The fourth-order valence-electron chi connectivity index (χ4n) is 1.87. The van der Waals surface area contributed by atoms with Crippen molar-refractivity contribution in [3.63, 3.8) is 0 Å². The highest BCUT2D eigenvalue weighted by atomic mass is 16.5. The van der Waals surface area contributed by atoms with Crippen molar-refractivity contribution < 1.29 is 14.3 Å². The normalized spacial score (nSPS) is 9.85. The molecule has 5 heteroatoms. The topological polar surface area (TPSA) is 62.6 Å². The second kappa shape index (κ2) is 8.94. The van der Waals surface area contributed by atoms with E-state index in [0.717, 1.165) is 5.56 Å². The lowest BCUT2D eigenvalue weighted by atomic mass is 10.1. The third-order valence-corrected chi connectivity index (χ3v) is 2.95. The summed E-state index contributed by atoms with van der Waals surface area (Å²) >= 11 is 0. The molecule has 0 N–H and O–H groups in total. The fourth-order valence-corrected chi connectivity index (χ4v) is 1.87. The summed E-state index contributed by atoms with van der Waals surface area (Å²) in [6, 6.07) is 9.50. The van der Waals surface area contributed by atoms with Crippen LogP contribution >= 0.6 is 0 Å². The first-order valence-electron chi connectivity index (χ1n) is 6.48. The first kappa shape index (κ1) is 16.0. The van der Waals surface area contributed by atoms with Crippen LogP contribution in [0.1, 0.15) is 12.0 Å². The van der Waals surface area contributed by atoms with Crippen LogP contribution < -0.4 is 4.74 Å². The van der Waals surface area contributed by atoms with E-state index in [-0.39, 0.29) is 12.3 Å². The Bertz CT molecular complexity index is 468. The summed E-state index contributed by atoms with van der Waals surface area (Å²) in [7, 11) is 3.18. The molecular weight excluding hydrogens is 256 g/mol. The highest BCUT2D eigenvalue weighted by Crippen LogP contribution is 2.18. The van der Waals surface area contributed by atoms with Crippen LogP contribution in [0, 0.1) is 11.3 Å². The number of para-hydroxylation sites is 1. The molecule has 0 unspecified atom stereocenters. The predicted molar refractivity (Wildman–Crippen MR) is 75.4 cm³/mol. The van der Waals surface area contributed by atoms with Crippen LogP contribution in [0.4, 0.5) is 0 Å². The minimum atomic E-state index is -0.0261. The van der Waals surface area contributed by atoms with E-state index in [0.29, 0.717) is 31.9 Å². The molecule has 1 rings (SSSR count). The standard InChI is InChI=1S/C15H20N2O3/c1-19-11-10-17(9-5-8-16)15(18)12-13-6-3-4-7-14(13)20-2/h3-4,6-7H,5,9-12H2,1-2H3. The van der Waals surface area contributed by atoms with Gasteiger partial charge in [-0.25, -0.2) is 0 Å². The van der Waals surface area contributed by atoms with Gasteiger partial charge in [0.25, 0.3) is 0 Å². The Morgan fingerprint density at radius 1 is 1.30 bits per heavy atom. The van der Waals surface area contributed by atoms with E-state index in [2.05, 4.69) is 6.07 Å². The first-order chi connectivity index (χ1) is 9.72. The monoisotopic (exact) mass is 276 g/mol. The summed E-state index contributed by atoms with van der Waals surface area (Å²) in [5.41, 5.74) is 0.847. The fraction of sp³-hybridized carbons (Fsp3) is 0.467. The Kier molecular flexibility index (Phi) is 7.15. The number of amides is 1. The van der Waals surface area contributed by atoms with Crippen LogP contribution in [0.25, 0.3) is 0 Å². The van der Waals surface area contributed by atoms with Crippen molar-refractivity contribution in [3.8, 4) is 11.8 Å². The van der Waals surface area contributed by atoms with Crippen molar-refractivity contribution in [2.45, 2.75) is 12.8 Å². The highest BCUT2D eigenvalue weighted by Gasteiger charge is 2.15. The molecule has 1 aromatic carbocycles. The number of carbonyl (C=O) groups is 1. The quantitative estimate of drug-likeness (QED) is 0.724. The molecule has 108 valence electrons. The van der Waals surface area contributed by atoms with Gasteiger partial charge in [-0.3, -0.25) is 4.79 Å². The minimum absolute atomic E-state index is 0.0261. The van der Waals surface area contributed by atoms with Gasteiger partial charge in [0.05, 0.1) is 32.6 Å². The number of ether oxygens (including phenoxy) is 2. The molecule has 0 saturated heterocycles. The Morgan fingerprint density at radius 2 is 2.05 bits per heavy atom. The van der Waals surface area contributed by atoms with Gasteiger partial charge < -0.3 is 14.4 Å². The van der Waals surface area contributed by atoms with Gasteiger partial charge in [-0.2, -0.15) is 5.26 Å². The van der Waals surface area contributed by atoms with E-state index >= 15 is 0 Å². The summed E-state index contributed by atoms with van der Waals surface area (Å²) in [6.07, 6.45) is 0.584. The van der Waals surface area contributed by atoms with E-state index in [1.165, 1.54) is 0 Å². The number of methoxy groups -OCH3 is 2. The molecule has 0 aliphatic heterocycles. The van der Waals surface area contributed by atoms with Crippen molar-refractivity contribution in [2.75, 3.05) is 33.9 Å². The average Bonchev–Trinajstić information content (AvgIpc) is 2.47. The van der Waals surface area contributed by atoms with Gasteiger partial charge in [0.2, 0.25) is 5.91 Å². The number of benzene rings is 1. The van der Waals surface area contributed by atoms with Crippen molar-refractivity contribution >= 4 is 5.91 Å². The summed E-state index contributed by atoms with van der Waals surface area (Å²) in [5.74, 6) is 0.676. The first-order valence-corrected chi connectivity index (χ1v) is 6.48. The van der Waals surface area contributed by atoms with E-state index in [1.54, 1.807) is 19.1 Å². The molecule has 0 bridgehead atoms. The Labute approximate surface area is 119 Å². The number of hydrogen-bond donors (Lipinski definition) is 0. The summed E-state index contributed by atoms with van der Waals surface area (Å²) < 4.78 is 10.2. The van der Waals surface area contributed by atoms with Gasteiger partial charge in [-0.05, 0) is 6.07 Å². The number of carbonyl (C=O) groups excluding carboxylic acids is 1. The van der Waals surface area contributed by atoms with Gasteiger partial charge in [-0.15, -0.1) is 0 Å². The molecule has 1 amide bonds. The Morgan fingerprint density at radius 3 is 2.70 bits per heavy atom. The average molecular weight is 276 g/mol.